The van der Waals surface area contributed by atoms with Crippen molar-refractivity contribution >= 4 is 154 Å². The van der Waals surface area contributed by atoms with Crippen molar-refractivity contribution in [2.45, 2.75) is 242 Å². The number of rotatable bonds is 51. The van der Waals surface area contributed by atoms with Gasteiger partial charge in [0.15, 0.2) is 5.71 Å². The van der Waals surface area contributed by atoms with Crippen molar-refractivity contribution in [2.24, 2.45) is 0 Å². The van der Waals surface area contributed by atoms with E-state index in [0.717, 1.165) is 109 Å². The zero-order chi connectivity index (χ0) is 108. The smallest absolute Gasteiger partial charge is 0.408 e. The summed E-state index contributed by atoms with van der Waals surface area (Å²) in [4.78, 5) is 77.8. The molecule has 4 aliphatic rings. The standard InChI is InChI=1S/C111H139ClN10O22S5/c1-12-118(13-2)83-49-53-88-89(108(3,4)5)73-84(144-97(88)72-83)41-23-16-24-43-98-110(8,9)91-74-86(149(140,141)142)52-57-95(91)120(98)63-29-18-26-45-102(124)114-76-115-105(125)92(116-106(126)93(69-77-35-19-14-20-36-77)117-107(127)143-75-78-37-21-15-22-38-78)42-27-28-60-113-101(123)44-25-17-30-64-122-96-55-46-81-70-85(148(137,138)139)51-54-87(81)103(96)111(10,11)100(122)59-48-80-40-31-39-79(104(80)112)47-58-99-109(6,7)90-71-82(50-56-94(90)121(99)65-34-68-147(134,135)136)119(61-32-66-145(128,129)130)62-33-67-146(131,132)133/h14-16,19-24,35-38,41,43,46-59,70-74,92-93H,12-13,17-18,25-34,39-40,42,44-45,60-69,75-76H2,1-11H3,(H8-2,113,114,115,116,117,123,124,125,126,127,128,129,130,131,132,133,134,135,136,137,138,139,140,141,142)/p+2/b24-16+,41-23+,98-43+. The number of allylic oxidation sites excluding steroid dienone is 13. The Morgan fingerprint density at radius 3 is 1.76 bits per heavy atom. The van der Waals surface area contributed by atoms with Crippen molar-refractivity contribution in [3.05, 3.63) is 267 Å². The first-order chi connectivity index (χ1) is 70.3. The van der Waals surface area contributed by atoms with Gasteiger partial charge in [0.1, 0.15) is 25.2 Å². The molecule has 0 bridgehead atoms. The summed E-state index contributed by atoms with van der Waals surface area (Å²) in [7, 11) is -22.1. The first-order valence-electron chi connectivity index (χ1n) is 50.8. The SMILES string of the molecule is CCN(CC)c1ccc2c(C(C)(C)C)cc(/C=C/C=C/C=C3/N(CCCCCC(=O)NCNC(=O)C(CCCCNC(=O)CCCCCN4/C(=C/C=C5\CCCC(/C=C/C6=[N+](CCCS(=O)(=O)O)c7ccc(N(CCCS(=O)(=O)O)CCCS(=O)(=O)O)cc7C6(C)C)=C5Cl)C(C)(C)c5c4ccc4cc(S(=O)(=O)O)ccc54)NC(=O)C(Cc4ccccc4)NC(=O)OCc4ccccc4)c4ccc(S(=O)(=O)O)cc4C3(C)C)[o+]c2c1. The van der Waals surface area contributed by atoms with Crippen molar-refractivity contribution in [1.82, 2.24) is 26.6 Å². The first kappa shape index (κ1) is 116. The number of halogens is 1. The predicted molar refractivity (Wildman–Crippen MR) is 587 cm³/mol. The Bertz CT molecular complexity index is 7100. The van der Waals surface area contributed by atoms with E-state index in [9.17, 15) is 88.8 Å². The monoisotopic (exact) mass is 2160 g/mol. The van der Waals surface area contributed by atoms with Gasteiger partial charge in [0.25, 0.3) is 50.6 Å². The number of hydrogen-bond acceptors (Lipinski definition) is 20. The second-order valence-corrected chi connectivity index (χ2v) is 48.8. The molecule has 0 fully saturated rings. The van der Waals surface area contributed by atoms with Gasteiger partial charge in [-0.15, -0.1) is 0 Å². The number of carbonyl (C=O) groups is 5. The minimum atomic E-state index is -4.55. The van der Waals surface area contributed by atoms with Crippen LogP contribution in [0.4, 0.5) is 33.2 Å². The molecule has 2 atom stereocenters. The molecule has 5 amide bonds. The highest BCUT2D eigenvalue weighted by Gasteiger charge is 2.47. The van der Waals surface area contributed by atoms with Crippen LogP contribution in [0.15, 0.2) is 242 Å². The minimum Gasteiger partial charge on any atom is -0.445 e. The molecule has 0 radical (unpaired) electrons. The zero-order valence-electron chi connectivity index (χ0n) is 86.5. The number of alkyl carbamates (subject to hydrolysis) is 1. The summed E-state index contributed by atoms with van der Waals surface area (Å²) in [6.07, 6.45) is 23.4. The van der Waals surface area contributed by atoms with Crippen molar-refractivity contribution in [3.63, 3.8) is 0 Å². The van der Waals surface area contributed by atoms with E-state index in [0.29, 0.717) is 110 Å². The first-order valence-corrected chi connectivity index (χ1v) is 58.9. The zero-order valence-corrected chi connectivity index (χ0v) is 91.4. The van der Waals surface area contributed by atoms with E-state index in [1.807, 2.05) is 117 Å². The van der Waals surface area contributed by atoms with Gasteiger partial charge in [-0.25, -0.2) is 9.21 Å². The van der Waals surface area contributed by atoms with Gasteiger partial charge in [0.05, 0.1) is 50.6 Å². The van der Waals surface area contributed by atoms with Crippen LogP contribution in [-0.4, -0.2) is 193 Å². The van der Waals surface area contributed by atoms with Gasteiger partial charge in [0.2, 0.25) is 29.3 Å². The molecule has 2 unspecified atom stereocenters. The molecule has 38 heteroatoms. The predicted octanol–water partition coefficient (Wildman–Crippen LogP) is 18.9. The molecule has 149 heavy (non-hydrogen) atoms. The maximum Gasteiger partial charge on any atom is 0.408 e. The third-order valence-corrected chi connectivity index (χ3v) is 32.4. The molecule has 0 saturated heterocycles. The number of anilines is 4. The number of ether oxygens (including phenoxy) is 1. The number of hydrogen-bond donors (Lipinski definition) is 10. The summed E-state index contributed by atoms with van der Waals surface area (Å²) in [5.41, 5.74) is 11.7. The van der Waals surface area contributed by atoms with Crippen LogP contribution in [0.5, 0.6) is 0 Å². The van der Waals surface area contributed by atoms with Gasteiger partial charge < -0.3 is 50.9 Å². The third kappa shape index (κ3) is 31.5. The third-order valence-electron chi connectivity index (χ3n) is 27.8. The molecule has 0 spiro atoms. The highest BCUT2D eigenvalue weighted by Crippen LogP contribution is 2.53. The lowest BCUT2D eigenvalue weighted by atomic mass is 9.80. The van der Waals surface area contributed by atoms with E-state index in [-0.39, 0.29) is 111 Å². The van der Waals surface area contributed by atoms with Gasteiger partial charge in [-0.2, -0.15) is 46.7 Å². The highest BCUT2D eigenvalue weighted by atomic mass is 35.5. The Morgan fingerprint density at radius 2 is 1.12 bits per heavy atom. The molecule has 8 aromatic rings. The molecule has 1 aliphatic carbocycles. The lowest BCUT2D eigenvalue weighted by Gasteiger charge is -2.27. The van der Waals surface area contributed by atoms with Crippen LogP contribution in [0.25, 0.3) is 27.8 Å². The molecule has 4 heterocycles. The van der Waals surface area contributed by atoms with Gasteiger partial charge in [-0.3, -0.25) is 41.9 Å². The molecular weight excluding hydrogens is 2020 g/mol. The van der Waals surface area contributed by atoms with E-state index in [1.165, 1.54) is 24.3 Å². The summed E-state index contributed by atoms with van der Waals surface area (Å²) in [6.45, 7) is 25.9. The molecule has 0 saturated carbocycles. The second-order valence-electron chi connectivity index (χ2n) is 40.8. The number of unbranched alkanes of at least 4 members (excludes halogenated alkanes) is 5. The molecule has 12 rings (SSSR count). The van der Waals surface area contributed by atoms with Crippen LogP contribution in [0.3, 0.4) is 0 Å². The van der Waals surface area contributed by atoms with Gasteiger partial charge in [-0.05, 0) is 233 Å². The fraction of sp³-hybridized carbons (Fsp3) is 0.432. The average Bonchev–Trinajstić information content (AvgIpc) is 1.14. The van der Waals surface area contributed by atoms with Crippen molar-refractivity contribution < 1.29 is 103 Å². The van der Waals surface area contributed by atoms with Crippen LogP contribution < -0.4 is 46.2 Å². The minimum absolute atomic E-state index is 0.000833. The number of nitrogens with one attached hydrogen (secondary N) is 5. The van der Waals surface area contributed by atoms with E-state index in [4.69, 9.17) is 20.8 Å². The molecule has 3 aliphatic heterocycles. The van der Waals surface area contributed by atoms with E-state index in [2.05, 4.69) is 120 Å². The van der Waals surface area contributed by atoms with E-state index < -0.39 is 114 Å². The number of fused-ring (bicyclic) bond motifs is 6. The molecule has 10 N–H and O–H groups in total. The van der Waals surface area contributed by atoms with Crippen molar-refractivity contribution in [3.8, 4) is 0 Å². The highest BCUT2D eigenvalue weighted by molar-refractivity contribution is 7.86. The fourth-order valence-corrected chi connectivity index (χ4v) is 22.9. The average molecular weight is 2160 g/mol. The van der Waals surface area contributed by atoms with Gasteiger partial charge >= 0.3 is 17.4 Å². The maximum absolute atomic E-state index is 14.6. The number of nitrogens with zero attached hydrogens (tertiary/aromatic N) is 5. The molecular formula is C111H141ClN10O22S5+2. The molecule has 32 nitrogen and oxygen atoms in total. The van der Waals surface area contributed by atoms with Crippen LogP contribution in [0.2, 0.25) is 0 Å². The molecule has 7 aromatic carbocycles. The number of amides is 5. The van der Waals surface area contributed by atoms with Gasteiger partial charge in [0, 0.05) is 151 Å². The summed E-state index contributed by atoms with van der Waals surface area (Å²) >= 11 is 7.49. The van der Waals surface area contributed by atoms with Crippen LogP contribution in [0, 0.1) is 0 Å². The Balaban J connectivity index is 0.687. The summed E-state index contributed by atoms with van der Waals surface area (Å²) in [5.74, 6) is -2.76. The van der Waals surface area contributed by atoms with Crippen LogP contribution >= 0.6 is 11.6 Å². The van der Waals surface area contributed by atoms with E-state index in [1.54, 1.807) is 71.6 Å². The lowest BCUT2D eigenvalue weighted by Crippen LogP contribution is -2.55. The Hall–Kier alpha value is -11.8. The summed E-state index contributed by atoms with van der Waals surface area (Å²) < 4.78 is 185. The molecule has 802 valence electrons. The molecule has 1 aromatic heterocycles. The Kier molecular flexibility index (Phi) is 39.3. The summed E-state index contributed by atoms with van der Waals surface area (Å²) in [6, 6.07) is 42.5. The largest absolute Gasteiger partial charge is 0.445 e. The van der Waals surface area contributed by atoms with Gasteiger partial charge in [-0.1, -0.05) is 176 Å². The number of carbonyl (C=O) groups excluding carboxylic acids is 5. The Morgan fingerprint density at radius 1 is 0.530 bits per heavy atom. The second kappa shape index (κ2) is 50.5. The number of benzene rings is 7. The van der Waals surface area contributed by atoms with Crippen molar-refractivity contribution in [1.29, 1.82) is 0 Å². The lowest BCUT2D eigenvalue weighted by molar-refractivity contribution is -0.437. The van der Waals surface area contributed by atoms with Crippen LogP contribution in [-0.2, 0) is 109 Å². The normalized spacial score (nSPS) is 16.5. The fourth-order valence-electron chi connectivity index (χ4n) is 20.1. The van der Waals surface area contributed by atoms with Crippen LogP contribution in [0.1, 0.15) is 224 Å². The Labute approximate surface area is 881 Å². The summed E-state index contributed by atoms with van der Waals surface area (Å²) in [5, 5.41) is 17.1. The van der Waals surface area contributed by atoms with Crippen molar-refractivity contribution in [2.75, 3.05) is 95.9 Å². The maximum atomic E-state index is 14.6. The topological polar surface area (TPSA) is 454 Å². The quantitative estimate of drug-likeness (QED) is 0.00423. The van der Waals surface area contributed by atoms with E-state index >= 15 is 0 Å².